The lowest BCUT2D eigenvalue weighted by molar-refractivity contribution is 0.203. The van der Waals surface area contributed by atoms with Gasteiger partial charge in [0, 0.05) is 32.1 Å². The number of benzene rings is 1. The lowest BCUT2D eigenvalue weighted by Crippen LogP contribution is -2.49. The summed E-state index contributed by atoms with van der Waals surface area (Å²) in [6.45, 7) is 8.74. The van der Waals surface area contributed by atoms with Crippen molar-refractivity contribution in [2.24, 2.45) is 4.99 Å². The van der Waals surface area contributed by atoms with Crippen molar-refractivity contribution in [1.29, 1.82) is 0 Å². The molecule has 2 heterocycles. The lowest BCUT2D eigenvalue weighted by atomic mass is 10.0. The molecule has 1 aromatic heterocycles. The number of hydrogen-bond donors (Lipinski definition) is 2. The first-order valence-corrected chi connectivity index (χ1v) is 11.1. The van der Waals surface area contributed by atoms with Crippen LogP contribution in [0, 0.1) is 0 Å². The van der Waals surface area contributed by atoms with Crippen LogP contribution >= 0.6 is 24.0 Å². The summed E-state index contributed by atoms with van der Waals surface area (Å²) >= 11 is 0. The van der Waals surface area contributed by atoms with Gasteiger partial charge in [0.15, 0.2) is 5.96 Å². The van der Waals surface area contributed by atoms with Crippen molar-refractivity contribution in [3.05, 3.63) is 60.1 Å². The van der Waals surface area contributed by atoms with Gasteiger partial charge in [-0.1, -0.05) is 43.7 Å². The maximum Gasteiger partial charge on any atom is 0.191 e. The Hall–Kier alpha value is -1.54. The van der Waals surface area contributed by atoms with Crippen LogP contribution in [0.15, 0.2) is 58.1 Å². The van der Waals surface area contributed by atoms with Crippen molar-refractivity contribution < 1.29 is 4.42 Å². The Morgan fingerprint density at radius 1 is 1.17 bits per heavy atom. The second-order valence-corrected chi connectivity index (χ2v) is 7.95. The molecule has 2 aromatic rings. The van der Waals surface area contributed by atoms with Crippen molar-refractivity contribution in [3.63, 3.8) is 0 Å². The van der Waals surface area contributed by atoms with E-state index in [0.29, 0.717) is 12.6 Å². The molecule has 0 spiro atoms. The Labute approximate surface area is 198 Å². The molecule has 0 aliphatic carbocycles. The summed E-state index contributed by atoms with van der Waals surface area (Å²) in [5.74, 6) is 1.88. The monoisotopic (exact) mass is 524 g/mol. The highest BCUT2D eigenvalue weighted by Crippen LogP contribution is 2.13. The molecule has 30 heavy (non-hydrogen) atoms. The molecule has 0 bridgehead atoms. The minimum Gasteiger partial charge on any atom is -0.469 e. The second kappa shape index (κ2) is 13.7. The van der Waals surface area contributed by atoms with E-state index in [1.165, 1.54) is 50.9 Å². The molecule has 2 N–H and O–H groups in total. The van der Waals surface area contributed by atoms with Gasteiger partial charge in [-0.3, -0.25) is 4.99 Å². The van der Waals surface area contributed by atoms with Crippen LogP contribution in [-0.2, 0) is 6.42 Å². The number of aliphatic imine (C=N–C) groups is 1. The first-order valence-electron chi connectivity index (χ1n) is 11.1. The molecular weight excluding hydrogens is 487 g/mol. The van der Waals surface area contributed by atoms with E-state index >= 15 is 0 Å². The van der Waals surface area contributed by atoms with Crippen LogP contribution < -0.4 is 10.6 Å². The third kappa shape index (κ3) is 8.30. The zero-order valence-electron chi connectivity index (χ0n) is 18.3. The number of hydrogen-bond acceptors (Lipinski definition) is 3. The zero-order chi connectivity index (χ0) is 20.3. The molecule has 5 nitrogen and oxygen atoms in total. The first kappa shape index (κ1) is 24.7. The maximum absolute atomic E-state index is 5.44. The minimum atomic E-state index is 0. The normalized spacial score (nSPS) is 16.7. The summed E-state index contributed by atoms with van der Waals surface area (Å²) in [4.78, 5) is 7.44. The van der Waals surface area contributed by atoms with Gasteiger partial charge < -0.3 is 20.0 Å². The third-order valence-electron chi connectivity index (χ3n) is 5.62. The van der Waals surface area contributed by atoms with E-state index in [-0.39, 0.29) is 30.0 Å². The van der Waals surface area contributed by atoms with Gasteiger partial charge in [-0.05, 0) is 50.4 Å². The van der Waals surface area contributed by atoms with Crippen LogP contribution in [0.3, 0.4) is 0 Å². The largest absolute Gasteiger partial charge is 0.469 e. The Bertz CT molecular complexity index is 712. The molecule has 1 atom stereocenters. The summed E-state index contributed by atoms with van der Waals surface area (Å²) in [5, 5.41) is 7.30. The van der Waals surface area contributed by atoms with Gasteiger partial charge in [0.05, 0.1) is 12.3 Å². The van der Waals surface area contributed by atoms with Gasteiger partial charge >= 0.3 is 0 Å². The highest BCUT2D eigenvalue weighted by molar-refractivity contribution is 14.0. The SMILES string of the molecule is CCCCN1CCC(NC(=NCCc2ccco2)NC(C)c2ccccc2)CC1.I. The maximum atomic E-state index is 5.44. The van der Waals surface area contributed by atoms with Gasteiger partial charge in [0.25, 0.3) is 0 Å². The molecule has 0 amide bonds. The van der Waals surface area contributed by atoms with Crippen molar-refractivity contribution >= 4 is 29.9 Å². The summed E-state index contributed by atoms with van der Waals surface area (Å²) in [7, 11) is 0. The fraction of sp³-hybridized carbons (Fsp3) is 0.542. The number of furan rings is 1. The summed E-state index contributed by atoms with van der Waals surface area (Å²) in [6, 6.07) is 15.2. The predicted molar refractivity (Wildman–Crippen MR) is 136 cm³/mol. The van der Waals surface area contributed by atoms with Crippen molar-refractivity contribution in [2.45, 2.75) is 58.0 Å². The van der Waals surface area contributed by atoms with E-state index in [1.807, 2.05) is 12.1 Å². The third-order valence-corrected chi connectivity index (χ3v) is 5.62. The van der Waals surface area contributed by atoms with Crippen LogP contribution in [0.2, 0.25) is 0 Å². The van der Waals surface area contributed by atoms with Gasteiger partial charge in [-0.15, -0.1) is 24.0 Å². The zero-order valence-corrected chi connectivity index (χ0v) is 20.7. The van der Waals surface area contributed by atoms with E-state index in [1.54, 1.807) is 6.26 Å². The topological polar surface area (TPSA) is 52.8 Å². The van der Waals surface area contributed by atoms with E-state index in [0.717, 1.165) is 18.1 Å². The Balaban J connectivity index is 0.00000320. The lowest BCUT2D eigenvalue weighted by Gasteiger charge is -2.33. The number of nitrogens with one attached hydrogen (secondary N) is 2. The van der Waals surface area contributed by atoms with E-state index in [2.05, 4.69) is 59.7 Å². The first-order chi connectivity index (χ1) is 14.2. The van der Waals surface area contributed by atoms with Gasteiger partial charge in [0.2, 0.25) is 0 Å². The molecular formula is C24H37IN4O. The minimum absolute atomic E-state index is 0. The van der Waals surface area contributed by atoms with Crippen LogP contribution in [-0.4, -0.2) is 43.1 Å². The van der Waals surface area contributed by atoms with Gasteiger partial charge in [-0.2, -0.15) is 0 Å². The smallest absolute Gasteiger partial charge is 0.191 e. The molecule has 0 saturated carbocycles. The average molecular weight is 524 g/mol. The summed E-state index contributed by atoms with van der Waals surface area (Å²) in [6.07, 6.45) is 7.44. The van der Waals surface area contributed by atoms with Crippen LogP contribution in [0.1, 0.15) is 56.9 Å². The molecule has 3 rings (SSSR count). The summed E-state index contributed by atoms with van der Waals surface area (Å²) in [5.41, 5.74) is 1.27. The second-order valence-electron chi connectivity index (χ2n) is 7.95. The fourth-order valence-electron chi connectivity index (χ4n) is 3.77. The Morgan fingerprint density at radius 2 is 1.93 bits per heavy atom. The Morgan fingerprint density at radius 3 is 2.60 bits per heavy atom. The number of likely N-dealkylation sites (tertiary alicyclic amines) is 1. The van der Waals surface area contributed by atoms with Gasteiger partial charge in [-0.25, -0.2) is 0 Å². The molecule has 6 heteroatoms. The Kier molecular flexibility index (Phi) is 11.3. The quantitative estimate of drug-likeness (QED) is 0.276. The van der Waals surface area contributed by atoms with Crippen molar-refractivity contribution in [3.8, 4) is 0 Å². The predicted octanol–water partition coefficient (Wildman–Crippen LogP) is 5.00. The van der Waals surface area contributed by atoms with Crippen molar-refractivity contribution in [2.75, 3.05) is 26.2 Å². The van der Waals surface area contributed by atoms with Crippen LogP contribution in [0.25, 0.3) is 0 Å². The average Bonchev–Trinajstić information content (AvgIpc) is 3.27. The van der Waals surface area contributed by atoms with E-state index < -0.39 is 0 Å². The molecule has 1 aliphatic heterocycles. The number of nitrogens with zero attached hydrogens (tertiary/aromatic N) is 2. The molecule has 0 radical (unpaired) electrons. The number of guanidine groups is 1. The van der Waals surface area contributed by atoms with Crippen LogP contribution in [0.4, 0.5) is 0 Å². The van der Waals surface area contributed by atoms with E-state index in [9.17, 15) is 0 Å². The number of piperidine rings is 1. The van der Waals surface area contributed by atoms with E-state index in [4.69, 9.17) is 9.41 Å². The molecule has 1 aromatic carbocycles. The standard InChI is InChI=1S/C24H36N4O.HI/c1-3-4-16-28-17-13-22(14-18-28)27-24(25-15-12-23-11-8-19-29-23)26-20(2)21-9-6-5-7-10-21;/h5-11,19-20,22H,3-4,12-18H2,1-2H3,(H2,25,26,27);1H. The number of halogens is 1. The molecule has 1 aliphatic rings. The van der Waals surface area contributed by atoms with Crippen molar-refractivity contribution in [1.82, 2.24) is 15.5 Å². The fourth-order valence-corrected chi connectivity index (χ4v) is 3.77. The summed E-state index contributed by atoms with van der Waals surface area (Å²) < 4.78 is 5.44. The van der Waals surface area contributed by atoms with Crippen LogP contribution in [0.5, 0.6) is 0 Å². The molecule has 1 fully saturated rings. The van der Waals surface area contributed by atoms with Gasteiger partial charge in [0.1, 0.15) is 5.76 Å². The molecule has 166 valence electrons. The molecule has 1 unspecified atom stereocenters. The molecule has 1 saturated heterocycles. The number of rotatable bonds is 9. The highest BCUT2D eigenvalue weighted by atomic mass is 127. The number of unbranched alkanes of at least 4 members (excludes halogenated alkanes) is 1. The highest BCUT2D eigenvalue weighted by Gasteiger charge is 2.20.